The summed E-state index contributed by atoms with van der Waals surface area (Å²) in [5.74, 6) is 0.00810. The molecule has 0 aromatic carbocycles. The van der Waals surface area contributed by atoms with Gasteiger partial charge in [0.1, 0.15) is 0 Å². The zero-order valence-corrected chi connectivity index (χ0v) is 10.3. The number of carbonyl (C=O) groups is 1. The third kappa shape index (κ3) is 2.09. The van der Waals surface area contributed by atoms with Crippen LogP contribution in [0, 0.1) is 0 Å². The summed E-state index contributed by atoms with van der Waals surface area (Å²) in [7, 11) is 0. The SMILES string of the molecule is CCC(C)(N)C(=O)NC1CCN2CCCC12. The van der Waals surface area contributed by atoms with Gasteiger partial charge in [0.15, 0.2) is 0 Å². The van der Waals surface area contributed by atoms with Crippen molar-refractivity contribution in [2.75, 3.05) is 13.1 Å². The maximum atomic E-state index is 12.0. The molecule has 0 spiro atoms. The van der Waals surface area contributed by atoms with Crippen molar-refractivity contribution in [1.82, 2.24) is 10.2 Å². The van der Waals surface area contributed by atoms with Crippen LogP contribution in [0.5, 0.6) is 0 Å². The van der Waals surface area contributed by atoms with Crippen LogP contribution in [0.3, 0.4) is 0 Å². The van der Waals surface area contributed by atoms with E-state index in [2.05, 4.69) is 10.2 Å². The van der Waals surface area contributed by atoms with Crippen molar-refractivity contribution in [3.05, 3.63) is 0 Å². The summed E-state index contributed by atoms with van der Waals surface area (Å²) in [6.07, 6.45) is 4.25. The van der Waals surface area contributed by atoms with Crippen LogP contribution in [0.1, 0.15) is 39.5 Å². The number of nitrogens with zero attached hydrogens (tertiary/aromatic N) is 1. The van der Waals surface area contributed by atoms with Gasteiger partial charge in [-0.3, -0.25) is 9.69 Å². The monoisotopic (exact) mass is 225 g/mol. The number of nitrogens with one attached hydrogen (secondary N) is 1. The van der Waals surface area contributed by atoms with Crippen LogP contribution in [0.25, 0.3) is 0 Å². The van der Waals surface area contributed by atoms with Gasteiger partial charge in [-0.15, -0.1) is 0 Å². The molecule has 0 bridgehead atoms. The van der Waals surface area contributed by atoms with Crippen LogP contribution >= 0.6 is 0 Å². The predicted octanol–water partition coefficient (Wildman–Crippen LogP) is 0.467. The van der Waals surface area contributed by atoms with Crippen molar-refractivity contribution < 1.29 is 4.79 Å². The first-order valence-corrected chi connectivity index (χ1v) is 6.38. The topological polar surface area (TPSA) is 58.4 Å². The van der Waals surface area contributed by atoms with Crippen molar-refractivity contribution in [2.45, 2.75) is 57.2 Å². The van der Waals surface area contributed by atoms with Gasteiger partial charge in [-0.1, -0.05) is 6.92 Å². The lowest BCUT2D eigenvalue weighted by Gasteiger charge is -2.27. The van der Waals surface area contributed by atoms with Crippen molar-refractivity contribution >= 4 is 5.91 Å². The quantitative estimate of drug-likeness (QED) is 0.734. The van der Waals surface area contributed by atoms with E-state index >= 15 is 0 Å². The largest absolute Gasteiger partial charge is 0.350 e. The van der Waals surface area contributed by atoms with Crippen molar-refractivity contribution in [1.29, 1.82) is 0 Å². The van der Waals surface area contributed by atoms with E-state index in [1.807, 2.05) is 13.8 Å². The normalized spacial score (nSPS) is 33.4. The molecule has 3 atom stereocenters. The minimum absolute atomic E-state index is 0.00810. The summed E-state index contributed by atoms with van der Waals surface area (Å²) < 4.78 is 0. The van der Waals surface area contributed by atoms with Gasteiger partial charge in [0.2, 0.25) is 5.91 Å². The van der Waals surface area contributed by atoms with E-state index in [9.17, 15) is 4.79 Å². The molecule has 3 N–H and O–H groups in total. The van der Waals surface area contributed by atoms with Crippen LogP contribution in [-0.4, -0.2) is 41.5 Å². The highest BCUT2D eigenvalue weighted by Gasteiger charge is 2.39. The van der Waals surface area contributed by atoms with E-state index < -0.39 is 5.54 Å². The molecule has 1 amide bonds. The molecule has 0 radical (unpaired) electrons. The van der Waals surface area contributed by atoms with Crippen molar-refractivity contribution in [2.24, 2.45) is 5.73 Å². The molecule has 0 aromatic heterocycles. The second-order valence-electron chi connectivity index (χ2n) is 5.39. The van der Waals surface area contributed by atoms with E-state index in [4.69, 9.17) is 5.73 Å². The summed E-state index contributed by atoms with van der Waals surface area (Å²) in [5.41, 5.74) is 5.23. The molecule has 0 saturated carbocycles. The molecule has 2 rings (SSSR count). The Morgan fingerprint density at radius 1 is 1.50 bits per heavy atom. The van der Waals surface area contributed by atoms with Gasteiger partial charge in [-0.25, -0.2) is 0 Å². The van der Waals surface area contributed by atoms with Crippen LogP contribution in [0.15, 0.2) is 0 Å². The molecule has 0 aromatic rings. The zero-order valence-electron chi connectivity index (χ0n) is 10.3. The minimum atomic E-state index is -0.716. The summed E-state index contributed by atoms with van der Waals surface area (Å²) in [6, 6.07) is 0.890. The lowest BCUT2D eigenvalue weighted by atomic mass is 9.97. The van der Waals surface area contributed by atoms with Crippen LogP contribution in [-0.2, 0) is 4.79 Å². The maximum absolute atomic E-state index is 12.0. The maximum Gasteiger partial charge on any atom is 0.240 e. The molecule has 92 valence electrons. The van der Waals surface area contributed by atoms with Crippen LogP contribution in [0.4, 0.5) is 0 Å². The number of carbonyl (C=O) groups excluding carboxylic acids is 1. The Hall–Kier alpha value is -0.610. The Bertz CT molecular complexity index is 277. The van der Waals surface area contributed by atoms with E-state index in [1.165, 1.54) is 19.4 Å². The highest BCUT2D eigenvalue weighted by atomic mass is 16.2. The second kappa shape index (κ2) is 4.34. The summed E-state index contributed by atoms with van der Waals surface area (Å²) in [4.78, 5) is 14.5. The first kappa shape index (κ1) is 11.9. The number of fused-ring (bicyclic) bond motifs is 1. The zero-order chi connectivity index (χ0) is 11.8. The second-order valence-corrected chi connectivity index (χ2v) is 5.39. The molecule has 2 fully saturated rings. The van der Waals surface area contributed by atoms with Crippen LogP contribution < -0.4 is 11.1 Å². The van der Waals surface area contributed by atoms with E-state index in [0.717, 1.165) is 13.0 Å². The highest BCUT2D eigenvalue weighted by Crippen LogP contribution is 2.28. The van der Waals surface area contributed by atoms with Gasteiger partial charge >= 0.3 is 0 Å². The smallest absolute Gasteiger partial charge is 0.240 e. The lowest BCUT2D eigenvalue weighted by molar-refractivity contribution is -0.126. The highest BCUT2D eigenvalue weighted by molar-refractivity contribution is 5.85. The van der Waals surface area contributed by atoms with Gasteiger partial charge in [0.05, 0.1) is 5.54 Å². The molecule has 3 unspecified atom stereocenters. The van der Waals surface area contributed by atoms with E-state index in [1.54, 1.807) is 0 Å². The predicted molar refractivity (Wildman–Crippen MR) is 64.0 cm³/mol. The Morgan fingerprint density at radius 2 is 2.25 bits per heavy atom. The number of hydrogen-bond acceptors (Lipinski definition) is 3. The van der Waals surface area contributed by atoms with Crippen molar-refractivity contribution in [3.63, 3.8) is 0 Å². The van der Waals surface area contributed by atoms with Gasteiger partial charge in [-0.2, -0.15) is 0 Å². The van der Waals surface area contributed by atoms with Crippen LogP contribution in [0.2, 0.25) is 0 Å². The number of nitrogens with two attached hydrogens (primary N) is 1. The van der Waals surface area contributed by atoms with Gasteiger partial charge in [0.25, 0.3) is 0 Å². The Labute approximate surface area is 97.6 Å². The molecular formula is C12H23N3O. The fraction of sp³-hybridized carbons (Fsp3) is 0.917. The van der Waals surface area contributed by atoms with E-state index in [-0.39, 0.29) is 5.91 Å². The van der Waals surface area contributed by atoms with Gasteiger partial charge in [-0.05, 0) is 39.2 Å². The third-order valence-electron chi connectivity index (χ3n) is 4.18. The minimum Gasteiger partial charge on any atom is -0.350 e. The first-order valence-electron chi connectivity index (χ1n) is 6.38. The van der Waals surface area contributed by atoms with Crippen molar-refractivity contribution in [3.8, 4) is 0 Å². The van der Waals surface area contributed by atoms with Gasteiger partial charge in [0, 0.05) is 18.6 Å². The Kier molecular flexibility index (Phi) is 3.22. The molecule has 16 heavy (non-hydrogen) atoms. The Morgan fingerprint density at radius 3 is 2.94 bits per heavy atom. The molecule has 4 nitrogen and oxygen atoms in total. The molecule has 0 aliphatic carbocycles. The summed E-state index contributed by atoms with van der Waals surface area (Å²) in [5, 5.41) is 3.14. The number of amides is 1. The molecule has 2 aliphatic heterocycles. The number of hydrogen-bond donors (Lipinski definition) is 2. The third-order valence-corrected chi connectivity index (χ3v) is 4.18. The average Bonchev–Trinajstić information content (AvgIpc) is 2.82. The Balaban J connectivity index is 1.93. The number of rotatable bonds is 3. The molecular weight excluding hydrogens is 202 g/mol. The summed E-state index contributed by atoms with van der Waals surface area (Å²) in [6.45, 7) is 6.09. The summed E-state index contributed by atoms with van der Waals surface area (Å²) >= 11 is 0. The standard InChI is InChI=1S/C12H23N3O/c1-3-12(2,13)11(16)14-9-6-8-15-7-4-5-10(9)15/h9-10H,3-8,13H2,1-2H3,(H,14,16). The molecule has 2 aliphatic rings. The lowest BCUT2D eigenvalue weighted by Crippen LogP contribution is -2.55. The van der Waals surface area contributed by atoms with Gasteiger partial charge < -0.3 is 11.1 Å². The first-order chi connectivity index (χ1) is 7.54. The molecule has 2 heterocycles. The fourth-order valence-electron chi connectivity index (χ4n) is 2.74. The molecule has 2 saturated heterocycles. The fourth-order valence-corrected chi connectivity index (χ4v) is 2.74. The van der Waals surface area contributed by atoms with E-state index in [0.29, 0.717) is 18.5 Å². The average molecular weight is 225 g/mol. The molecule has 4 heteroatoms.